The summed E-state index contributed by atoms with van der Waals surface area (Å²) >= 11 is 3.16. The molecule has 40 heavy (non-hydrogen) atoms. The molecule has 1 saturated heterocycles. The molecule has 0 unspecified atom stereocenters. The van der Waals surface area contributed by atoms with Gasteiger partial charge in [-0.05, 0) is 33.3 Å². The molecule has 0 bridgehead atoms. The number of ether oxygens (including phenoxy) is 2. The number of nitrogens with one attached hydrogen (secondary N) is 1. The van der Waals surface area contributed by atoms with Crippen molar-refractivity contribution in [3.8, 4) is 0 Å². The highest BCUT2D eigenvalue weighted by molar-refractivity contribution is 9.11. The summed E-state index contributed by atoms with van der Waals surface area (Å²) in [4.78, 5) is 31.7. The molecule has 202 valence electrons. The highest BCUT2D eigenvalue weighted by Crippen LogP contribution is 2.41. The first-order chi connectivity index (χ1) is 19.6. The Morgan fingerprint density at radius 3 is 2.05 bits per heavy atom. The largest absolute Gasteiger partial charge is 0.358 e. The minimum Gasteiger partial charge on any atom is -0.358 e. The zero-order chi connectivity index (χ0) is 28.0. The fourth-order valence-electron chi connectivity index (χ4n) is 5.10. The molecule has 0 aliphatic carbocycles. The van der Waals surface area contributed by atoms with Crippen LogP contribution in [-0.4, -0.2) is 28.3 Å². The molecular formula is C30H26BrN5O4. The summed E-state index contributed by atoms with van der Waals surface area (Å²) < 4.78 is 14.5. The van der Waals surface area contributed by atoms with Gasteiger partial charge in [-0.1, -0.05) is 112 Å². The van der Waals surface area contributed by atoms with E-state index in [4.69, 9.17) is 9.47 Å². The molecule has 4 aromatic rings. The van der Waals surface area contributed by atoms with E-state index >= 15 is 0 Å². The van der Waals surface area contributed by atoms with Crippen LogP contribution in [0.1, 0.15) is 34.9 Å². The first kappa shape index (κ1) is 27.4. The summed E-state index contributed by atoms with van der Waals surface area (Å²) in [5.41, 5.74) is 10.2. The molecule has 1 N–H and O–H groups in total. The van der Waals surface area contributed by atoms with Gasteiger partial charge in [-0.25, -0.2) is 4.79 Å². The quantitative estimate of drug-likeness (QED) is 0.112. The minimum absolute atomic E-state index is 0.0606. The smallest absolute Gasteiger partial charge is 0.330 e. The van der Waals surface area contributed by atoms with Crippen LogP contribution < -0.4 is 11.2 Å². The van der Waals surface area contributed by atoms with E-state index in [1.54, 1.807) is 0 Å². The number of azide groups is 1. The maximum absolute atomic E-state index is 12.7. The van der Waals surface area contributed by atoms with Crippen molar-refractivity contribution in [2.75, 3.05) is 6.61 Å². The van der Waals surface area contributed by atoms with Crippen molar-refractivity contribution in [1.82, 2.24) is 9.55 Å². The summed E-state index contributed by atoms with van der Waals surface area (Å²) in [6.45, 7) is 0.0606. The first-order valence-electron chi connectivity index (χ1n) is 12.7. The van der Waals surface area contributed by atoms with Crippen molar-refractivity contribution in [3.05, 3.63) is 156 Å². The normalized spacial score (nSPS) is 19.0. The van der Waals surface area contributed by atoms with E-state index < -0.39 is 35.2 Å². The Bertz CT molecular complexity index is 1540. The Labute approximate surface area is 238 Å². The van der Waals surface area contributed by atoms with Crippen LogP contribution in [0.15, 0.2) is 117 Å². The molecular weight excluding hydrogens is 574 g/mol. The fraction of sp³-hybridized carbons (Fsp3) is 0.200. The molecule has 1 aliphatic heterocycles. The van der Waals surface area contributed by atoms with Gasteiger partial charge in [0.2, 0.25) is 0 Å². The van der Waals surface area contributed by atoms with E-state index in [0.717, 1.165) is 16.7 Å². The van der Waals surface area contributed by atoms with E-state index in [-0.39, 0.29) is 18.6 Å². The van der Waals surface area contributed by atoms with E-state index in [1.807, 2.05) is 91.0 Å². The van der Waals surface area contributed by atoms with Crippen LogP contribution in [0.5, 0.6) is 0 Å². The van der Waals surface area contributed by atoms with Crippen LogP contribution in [0, 0.1) is 0 Å². The predicted molar refractivity (Wildman–Crippen MR) is 156 cm³/mol. The van der Waals surface area contributed by atoms with Gasteiger partial charge >= 0.3 is 5.69 Å². The molecule has 3 atom stereocenters. The van der Waals surface area contributed by atoms with Gasteiger partial charge in [0.25, 0.3) is 5.56 Å². The van der Waals surface area contributed by atoms with Crippen molar-refractivity contribution in [2.45, 2.75) is 30.4 Å². The summed E-state index contributed by atoms with van der Waals surface area (Å²) in [5.74, 6) is 0. The van der Waals surface area contributed by atoms with Crippen LogP contribution in [0.2, 0.25) is 0 Å². The Morgan fingerprint density at radius 2 is 1.55 bits per heavy atom. The lowest BCUT2D eigenvalue weighted by Crippen LogP contribution is -2.38. The molecule has 1 aliphatic rings. The Hall–Kier alpha value is -4.21. The van der Waals surface area contributed by atoms with E-state index in [0.29, 0.717) is 0 Å². The standard InChI is InChI=1S/C30H26BrN5O4/c31-17-16-21-19-36(29(38)33-28(21)37)27-18-25(34-35-32)26(40-27)20-39-30(22-10-4-1-5-11-22,23-12-6-2-7-13-23)24-14-8-3-9-15-24/h1-17,19,25-27H,18,20H2,(H,33,37,38)/b17-16+/t25-,26+,27+/m0/s1. The maximum Gasteiger partial charge on any atom is 0.330 e. The monoisotopic (exact) mass is 599 g/mol. The molecule has 3 aromatic carbocycles. The molecule has 10 heteroatoms. The van der Waals surface area contributed by atoms with Gasteiger partial charge in [0.15, 0.2) is 0 Å². The number of aromatic amines is 1. The lowest BCUT2D eigenvalue weighted by atomic mass is 9.80. The SMILES string of the molecule is [N-]=[N+]=N[C@H]1C[C@H](n2cc(/C=C/Br)c(=O)[nH]c2=O)O[C@@H]1COC(c1ccccc1)(c1ccccc1)c1ccccc1. The molecule has 9 nitrogen and oxygen atoms in total. The molecule has 0 spiro atoms. The third-order valence-corrected chi connectivity index (χ3v) is 7.22. The zero-order valence-corrected chi connectivity index (χ0v) is 22.9. The average Bonchev–Trinajstić information content (AvgIpc) is 3.39. The van der Waals surface area contributed by atoms with E-state index in [9.17, 15) is 15.1 Å². The van der Waals surface area contributed by atoms with Gasteiger partial charge in [0.05, 0.1) is 24.3 Å². The third-order valence-electron chi connectivity index (χ3n) is 6.96. The Kier molecular flexibility index (Phi) is 8.42. The highest BCUT2D eigenvalue weighted by Gasteiger charge is 2.42. The number of nitrogens with zero attached hydrogens (tertiary/aromatic N) is 4. The van der Waals surface area contributed by atoms with Gasteiger partial charge < -0.3 is 9.47 Å². The topological polar surface area (TPSA) is 122 Å². The summed E-state index contributed by atoms with van der Waals surface area (Å²) in [6, 6.07) is 29.1. The van der Waals surface area contributed by atoms with Crippen molar-refractivity contribution < 1.29 is 9.47 Å². The van der Waals surface area contributed by atoms with Crippen molar-refractivity contribution >= 4 is 22.0 Å². The number of hydrogen-bond acceptors (Lipinski definition) is 5. The molecule has 1 aromatic heterocycles. The minimum atomic E-state index is -0.991. The van der Waals surface area contributed by atoms with Crippen LogP contribution in [0.25, 0.3) is 16.5 Å². The van der Waals surface area contributed by atoms with Crippen LogP contribution in [0.3, 0.4) is 0 Å². The third kappa shape index (κ3) is 5.43. The second kappa shape index (κ2) is 12.3. The molecule has 0 amide bonds. The highest BCUT2D eigenvalue weighted by atomic mass is 79.9. The molecule has 5 rings (SSSR count). The number of rotatable bonds is 9. The van der Waals surface area contributed by atoms with Crippen LogP contribution in [-0.2, 0) is 15.1 Å². The van der Waals surface area contributed by atoms with E-state index in [2.05, 4.69) is 30.9 Å². The van der Waals surface area contributed by atoms with Crippen molar-refractivity contribution in [3.63, 3.8) is 0 Å². The lowest BCUT2D eigenvalue weighted by Gasteiger charge is -2.37. The number of H-pyrrole nitrogens is 1. The molecule has 0 saturated carbocycles. The fourth-order valence-corrected chi connectivity index (χ4v) is 5.39. The van der Waals surface area contributed by atoms with Gasteiger partial charge in [-0.15, -0.1) is 0 Å². The van der Waals surface area contributed by atoms with Gasteiger partial charge in [0.1, 0.15) is 11.8 Å². The second-order valence-electron chi connectivity index (χ2n) is 9.27. The second-order valence-corrected chi connectivity index (χ2v) is 9.80. The van der Waals surface area contributed by atoms with Crippen LogP contribution in [0.4, 0.5) is 0 Å². The molecule has 2 heterocycles. The van der Waals surface area contributed by atoms with E-state index in [1.165, 1.54) is 21.8 Å². The van der Waals surface area contributed by atoms with Crippen LogP contribution >= 0.6 is 15.9 Å². The molecule has 0 radical (unpaired) electrons. The average molecular weight is 600 g/mol. The maximum atomic E-state index is 12.7. The number of aromatic nitrogens is 2. The van der Waals surface area contributed by atoms with Gasteiger partial charge in [0, 0.05) is 17.5 Å². The van der Waals surface area contributed by atoms with Gasteiger partial charge in [-0.3, -0.25) is 14.3 Å². The summed E-state index contributed by atoms with van der Waals surface area (Å²) in [7, 11) is 0. The summed E-state index contributed by atoms with van der Waals surface area (Å²) in [6.07, 6.45) is 1.77. The predicted octanol–water partition coefficient (Wildman–Crippen LogP) is 5.88. The van der Waals surface area contributed by atoms with Crippen molar-refractivity contribution in [2.24, 2.45) is 5.11 Å². The number of benzene rings is 3. The Morgan fingerprint density at radius 1 is 1.00 bits per heavy atom. The van der Waals surface area contributed by atoms with Gasteiger partial charge in [-0.2, -0.15) is 0 Å². The Balaban J connectivity index is 1.54. The first-order valence-corrected chi connectivity index (χ1v) is 13.6. The molecule has 1 fully saturated rings. The number of halogens is 1. The summed E-state index contributed by atoms with van der Waals surface area (Å²) in [5, 5.41) is 3.97. The van der Waals surface area contributed by atoms with Crippen molar-refractivity contribution in [1.29, 1.82) is 0 Å². The lowest BCUT2D eigenvalue weighted by molar-refractivity contribution is -0.0796. The number of hydrogen-bond donors (Lipinski definition) is 1. The zero-order valence-electron chi connectivity index (χ0n) is 21.3.